The summed E-state index contributed by atoms with van der Waals surface area (Å²) in [6.45, 7) is 4.55. The number of hydrogen-bond donors (Lipinski definition) is 2. The van der Waals surface area contributed by atoms with Crippen LogP contribution in [0.4, 0.5) is 4.79 Å². The fourth-order valence-electron chi connectivity index (χ4n) is 0.806. The Bertz CT molecular complexity index is 274. The lowest BCUT2D eigenvalue weighted by molar-refractivity contribution is -0.140. The number of carbonyl (C=O) groups excluding carboxylic acids is 2. The third kappa shape index (κ3) is 6.25. The van der Waals surface area contributed by atoms with Crippen LogP contribution in [0.1, 0.15) is 13.3 Å². The molecule has 0 bridgehead atoms. The van der Waals surface area contributed by atoms with E-state index in [0.29, 0.717) is 0 Å². The molecular formula is C9H13NO5. The Morgan fingerprint density at radius 2 is 2.13 bits per heavy atom. The van der Waals surface area contributed by atoms with E-state index in [1.54, 1.807) is 0 Å². The van der Waals surface area contributed by atoms with Crippen molar-refractivity contribution >= 4 is 17.8 Å². The number of hydrogen-bond acceptors (Lipinski definition) is 4. The number of nitrogens with one attached hydrogen (secondary N) is 1. The number of aliphatic carboxylic acids is 1. The first-order valence-corrected chi connectivity index (χ1v) is 4.23. The van der Waals surface area contributed by atoms with Gasteiger partial charge in [-0.15, -0.1) is 0 Å². The molecule has 0 radical (unpaired) electrons. The van der Waals surface area contributed by atoms with Crippen LogP contribution < -0.4 is 5.32 Å². The van der Waals surface area contributed by atoms with E-state index in [0.717, 1.165) is 0 Å². The number of ketones is 1. The molecule has 6 heteroatoms. The number of Topliss-reactive ketones (excluding diaryl/α,β-unsaturated/α-hetero) is 1. The van der Waals surface area contributed by atoms with E-state index in [-0.39, 0.29) is 18.8 Å². The molecule has 0 aliphatic heterocycles. The Morgan fingerprint density at radius 1 is 1.53 bits per heavy atom. The molecule has 0 fully saturated rings. The molecule has 0 aromatic carbocycles. The van der Waals surface area contributed by atoms with Gasteiger partial charge < -0.3 is 15.2 Å². The summed E-state index contributed by atoms with van der Waals surface area (Å²) in [5, 5.41) is 10.7. The summed E-state index contributed by atoms with van der Waals surface area (Å²) in [7, 11) is 0. The molecule has 0 spiro atoms. The van der Waals surface area contributed by atoms with Crippen LogP contribution >= 0.6 is 0 Å². The zero-order valence-corrected chi connectivity index (χ0v) is 8.36. The number of rotatable bonds is 6. The standard InChI is InChI=1S/C9H13NO5/c1-3-4-15-9(14)10-7(8(12)13)5-6(2)11/h3,7H,1,4-5H2,2H3,(H,10,14)(H,12,13)/t7-/m1/s1. The second-order valence-electron chi connectivity index (χ2n) is 2.83. The number of amides is 1. The van der Waals surface area contributed by atoms with Gasteiger partial charge in [-0.2, -0.15) is 0 Å². The van der Waals surface area contributed by atoms with Crippen LogP contribution in [-0.2, 0) is 14.3 Å². The van der Waals surface area contributed by atoms with Gasteiger partial charge in [0.15, 0.2) is 0 Å². The maximum Gasteiger partial charge on any atom is 0.408 e. The smallest absolute Gasteiger partial charge is 0.408 e. The summed E-state index contributed by atoms with van der Waals surface area (Å²) in [6.07, 6.45) is 0.197. The maximum absolute atomic E-state index is 10.9. The first kappa shape index (κ1) is 13.2. The average molecular weight is 215 g/mol. The minimum absolute atomic E-state index is 0.0156. The first-order chi connectivity index (χ1) is 6.97. The van der Waals surface area contributed by atoms with Crippen molar-refractivity contribution < 1.29 is 24.2 Å². The fraction of sp³-hybridized carbons (Fsp3) is 0.444. The number of carboxylic acid groups (broad SMARTS) is 1. The molecule has 84 valence electrons. The zero-order chi connectivity index (χ0) is 11.8. The molecule has 15 heavy (non-hydrogen) atoms. The van der Waals surface area contributed by atoms with Crippen LogP contribution in [0.25, 0.3) is 0 Å². The van der Waals surface area contributed by atoms with Gasteiger partial charge in [0.2, 0.25) is 0 Å². The molecule has 2 N–H and O–H groups in total. The Balaban J connectivity index is 4.16. The summed E-state index contributed by atoms with van der Waals surface area (Å²) in [5.41, 5.74) is 0. The highest BCUT2D eigenvalue weighted by Gasteiger charge is 2.21. The van der Waals surface area contributed by atoms with Gasteiger partial charge in [-0.05, 0) is 6.92 Å². The third-order valence-corrected chi connectivity index (χ3v) is 1.41. The second-order valence-corrected chi connectivity index (χ2v) is 2.83. The van der Waals surface area contributed by atoms with Gasteiger partial charge >= 0.3 is 12.1 Å². The molecule has 6 nitrogen and oxygen atoms in total. The monoisotopic (exact) mass is 215 g/mol. The van der Waals surface area contributed by atoms with Crippen LogP contribution in [0.5, 0.6) is 0 Å². The highest BCUT2D eigenvalue weighted by atomic mass is 16.5. The molecule has 0 aromatic heterocycles. The van der Waals surface area contributed by atoms with E-state index in [9.17, 15) is 14.4 Å². The molecule has 0 aromatic rings. The molecule has 1 amide bonds. The minimum atomic E-state index is -1.28. The Kier molecular flexibility index (Phi) is 5.77. The SMILES string of the molecule is C=CCOC(=O)N[C@H](CC(C)=O)C(=O)O. The molecule has 0 aliphatic carbocycles. The van der Waals surface area contributed by atoms with Gasteiger partial charge in [-0.3, -0.25) is 4.79 Å². The molecule has 0 aliphatic rings. The maximum atomic E-state index is 10.9. The van der Waals surface area contributed by atoms with Crippen LogP contribution in [0, 0.1) is 0 Å². The Morgan fingerprint density at radius 3 is 2.53 bits per heavy atom. The number of carboxylic acids is 1. The second kappa shape index (κ2) is 6.58. The topological polar surface area (TPSA) is 92.7 Å². The van der Waals surface area contributed by atoms with Gasteiger partial charge in [0, 0.05) is 6.42 Å². The molecule has 0 saturated carbocycles. The quantitative estimate of drug-likeness (QED) is 0.623. The van der Waals surface area contributed by atoms with E-state index in [1.807, 2.05) is 0 Å². The normalized spacial score (nSPS) is 11.3. The third-order valence-electron chi connectivity index (χ3n) is 1.41. The predicted octanol–water partition coefficient (Wildman–Crippen LogP) is 0.331. The van der Waals surface area contributed by atoms with Crippen molar-refractivity contribution in [1.29, 1.82) is 0 Å². The van der Waals surface area contributed by atoms with Gasteiger partial charge in [0.25, 0.3) is 0 Å². The molecule has 0 heterocycles. The van der Waals surface area contributed by atoms with Crippen molar-refractivity contribution in [2.45, 2.75) is 19.4 Å². The summed E-state index contributed by atoms with van der Waals surface area (Å²) in [6, 6.07) is -1.25. The van der Waals surface area contributed by atoms with Gasteiger partial charge in [-0.25, -0.2) is 9.59 Å². The summed E-state index contributed by atoms with van der Waals surface area (Å²) < 4.78 is 4.51. The van der Waals surface area contributed by atoms with Crippen molar-refractivity contribution in [2.75, 3.05) is 6.61 Å². The number of alkyl carbamates (subject to hydrolysis) is 1. The van der Waals surface area contributed by atoms with E-state index in [2.05, 4.69) is 16.6 Å². The van der Waals surface area contributed by atoms with Gasteiger partial charge in [-0.1, -0.05) is 12.7 Å². The highest BCUT2D eigenvalue weighted by molar-refractivity contribution is 5.86. The zero-order valence-electron chi connectivity index (χ0n) is 8.36. The lowest BCUT2D eigenvalue weighted by atomic mass is 10.1. The van der Waals surface area contributed by atoms with Crippen LogP contribution in [0.2, 0.25) is 0 Å². The Hall–Kier alpha value is -1.85. The van der Waals surface area contributed by atoms with Crippen molar-refractivity contribution in [3.05, 3.63) is 12.7 Å². The largest absolute Gasteiger partial charge is 0.480 e. The molecule has 0 rings (SSSR count). The number of ether oxygens (including phenoxy) is 1. The first-order valence-electron chi connectivity index (χ1n) is 4.23. The molecule has 1 atom stereocenters. The predicted molar refractivity (Wildman–Crippen MR) is 51.4 cm³/mol. The van der Waals surface area contributed by atoms with Gasteiger partial charge in [0.05, 0.1) is 0 Å². The summed E-state index contributed by atoms with van der Waals surface area (Å²) in [5.74, 6) is -1.60. The van der Waals surface area contributed by atoms with E-state index in [4.69, 9.17) is 5.11 Å². The molecule has 0 unspecified atom stereocenters. The van der Waals surface area contributed by atoms with E-state index >= 15 is 0 Å². The Labute approximate surface area is 86.9 Å². The van der Waals surface area contributed by atoms with Crippen molar-refractivity contribution in [3.8, 4) is 0 Å². The number of carbonyl (C=O) groups is 3. The lowest BCUT2D eigenvalue weighted by Gasteiger charge is -2.12. The van der Waals surface area contributed by atoms with Crippen molar-refractivity contribution in [3.63, 3.8) is 0 Å². The average Bonchev–Trinajstić information content (AvgIpc) is 2.12. The van der Waals surface area contributed by atoms with Crippen LogP contribution in [0.3, 0.4) is 0 Å². The van der Waals surface area contributed by atoms with Crippen molar-refractivity contribution in [1.82, 2.24) is 5.32 Å². The highest BCUT2D eigenvalue weighted by Crippen LogP contribution is 1.95. The lowest BCUT2D eigenvalue weighted by Crippen LogP contribution is -2.42. The van der Waals surface area contributed by atoms with E-state index < -0.39 is 18.1 Å². The fourth-order valence-corrected chi connectivity index (χ4v) is 0.806. The summed E-state index contributed by atoms with van der Waals surface area (Å²) >= 11 is 0. The van der Waals surface area contributed by atoms with Crippen LogP contribution in [-0.4, -0.2) is 35.6 Å². The minimum Gasteiger partial charge on any atom is -0.480 e. The molecular weight excluding hydrogens is 202 g/mol. The van der Waals surface area contributed by atoms with E-state index in [1.165, 1.54) is 13.0 Å². The van der Waals surface area contributed by atoms with Gasteiger partial charge in [0.1, 0.15) is 18.4 Å². The van der Waals surface area contributed by atoms with Crippen molar-refractivity contribution in [2.24, 2.45) is 0 Å². The molecule has 0 saturated heterocycles. The summed E-state index contributed by atoms with van der Waals surface area (Å²) in [4.78, 5) is 32.2. The van der Waals surface area contributed by atoms with Crippen LogP contribution in [0.15, 0.2) is 12.7 Å².